The van der Waals surface area contributed by atoms with Crippen molar-refractivity contribution in [3.63, 3.8) is 0 Å². The number of carbonyl (C=O) groups is 1. The monoisotopic (exact) mass is 222 g/mol. The average Bonchev–Trinajstić information content (AvgIpc) is 2.19. The lowest BCUT2D eigenvalue weighted by molar-refractivity contribution is -0.122. The minimum atomic E-state index is 0. The molecule has 0 aromatic rings. The highest BCUT2D eigenvalue weighted by Gasteiger charge is 2.13. The molecule has 0 spiro atoms. The van der Waals surface area contributed by atoms with Gasteiger partial charge in [-0.1, -0.05) is 0 Å². The summed E-state index contributed by atoms with van der Waals surface area (Å²) < 4.78 is 5.55. The normalized spacial score (nSPS) is 17.2. The first kappa shape index (κ1) is 13.7. The molecule has 4 nitrogen and oxygen atoms in total. The Morgan fingerprint density at radius 1 is 1.50 bits per heavy atom. The Balaban J connectivity index is 0.00000169. The summed E-state index contributed by atoms with van der Waals surface area (Å²) in [4.78, 5) is 10.9. The summed E-state index contributed by atoms with van der Waals surface area (Å²) in [5, 5.41) is 5.84. The van der Waals surface area contributed by atoms with Crippen LogP contribution in [-0.2, 0) is 9.53 Å². The van der Waals surface area contributed by atoms with Gasteiger partial charge in [-0.15, -0.1) is 12.4 Å². The predicted molar refractivity (Wildman–Crippen MR) is 57.8 cm³/mol. The summed E-state index contributed by atoms with van der Waals surface area (Å²) in [6.45, 7) is 2.61. The van der Waals surface area contributed by atoms with E-state index in [2.05, 4.69) is 10.6 Å². The highest BCUT2D eigenvalue weighted by Crippen LogP contribution is 2.06. The molecule has 1 heterocycles. The summed E-state index contributed by atoms with van der Waals surface area (Å²) in [7, 11) is 1.65. The van der Waals surface area contributed by atoms with Gasteiger partial charge in [-0.3, -0.25) is 4.79 Å². The van der Waals surface area contributed by atoms with E-state index in [0.29, 0.717) is 19.1 Å². The van der Waals surface area contributed by atoms with Crippen LogP contribution in [0.25, 0.3) is 0 Å². The third-order valence-corrected chi connectivity index (χ3v) is 2.25. The molecular formula is C9H19ClN2O2. The fourth-order valence-corrected chi connectivity index (χ4v) is 1.41. The third-order valence-electron chi connectivity index (χ3n) is 2.25. The maximum absolute atomic E-state index is 10.9. The molecule has 0 aromatic carbocycles. The Morgan fingerprint density at radius 3 is 2.71 bits per heavy atom. The zero-order valence-electron chi connectivity index (χ0n) is 8.54. The van der Waals surface area contributed by atoms with Gasteiger partial charge < -0.3 is 15.4 Å². The molecule has 1 fully saturated rings. The first-order chi connectivity index (χ1) is 6.33. The number of hydrogen-bond donors (Lipinski definition) is 2. The molecule has 0 saturated carbocycles. The molecule has 0 aliphatic carbocycles. The van der Waals surface area contributed by atoms with E-state index in [9.17, 15) is 4.79 Å². The topological polar surface area (TPSA) is 50.4 Å². The van der Waals surface area contributed by atoms with Crippen molar-refractivity contribution in [2.24, 2.45) is 0 Å². The average molecular weight is 223 g/mol. The molecule has 1 amide bonds. The molecule has 1 saturated heterocycles. The molecule has 0 radical (unpaired) electrons. The van der Waals surface area contributed by atoms with Crippen LogP contribution >= 0.6 is 12.4 Å². The van der Waals surface area contributed by atoms with E-state index in [-0.39, 0.29) is 18.3 Å². The molecule has 1 aliphatic heterocycles. The van der Waals surface area contributed by atoms with Gasteiger partial charge in [0.25, 0.3) is 0 Å². The second-order valence-corrected chi connectivity index (χ2v) is 3.24. The van der Waals surface area contributed by atoms with E-state index < -0.39 is 0 Å². The van der Waals surface area contributed by atoms with Gasteiger partial charge in [-0.05, 0) is 25.9 Å². The maximum Gasteiger partial charge on any atom is 0.222 e. The summed E-state index contributed by atoms with van der Waals surface area (Å²) in [5.74, 6) is 0.0499. The SMILES string of the molecule is CNC(=O)CCOC1CCNCC1.Cl. The van der Waals surface area contributed by atoms with Crippen LogP contribution in [0, 0.1) is 0 Å². The summed E-state index contributed by atoms with van der Waals surface area (Å²) in [5.41, 5.74) is 0. The van der Waals surface area contributed by atoms with Crippen molar-refractivity contribution in [1.82, 2.24) is 10.6 Å². The van der Waals surface area contributed by atoms with Crippen molar-refractivity contribution in [1.29, 1.82) is 0 Å². The molecule has 14 heavy (non-hydrogen) atoms. The Bertz CT molecular complexity index is 161. The number of amides is 1. The molecule has 0 atom stereocenters. The van der Waals surface area contributed by atoms with Crippen molar-refractivity contribution >= 4 is 18.3 Å². The van der Waals surface area contributed by atoms with Crippen LogP contribution < -0.4 is 10.6 Å². The Kier molecular flexibility index (Phi) is 7.84. The van der Waals surface area contributed by atoms with Crippen LogP contribution in [0.1, 0.15) is 19.3 Å². The summed E-state index contributed by atoms with van der Waals surface area (Å²) in [6, 6.07) is 0. The predicted octanol–water partition coefficient (Wildman–Crippen LogP) is 0.313. The second kappa shape index (κ2) is 8.03. The molecule has 5 heteroatoms. The molecule has 0 unspecified atom stereocenters. The quantitative estimate of drug-likeness (QED) is 0.720. The number of hydrogen-bond acceptors (Lipinski definition) is 3. The number of carbonyl (C=O) groups excluding carboxylic acids is 1. The van der Waals surface area contributed by atoms with E-state index in [1.54, 1.807) is 7.05 Å². The first-order valence-electron chi connectivity index (χ1n) is 4.86. The smallest absolute Gasteiger partial charge is 0.222 e. The second-order valence-electron chi connectivity index (χ2n) is 3.24. The van der Waals surface area contributed by atoms with Gasteiger partial charge in [-0.2, -0.15) is 0 Å². The van der Waals surface area contributed by atoms with E-state index in [1.165, 1.54) is 0 Å². The summed E-state index contributed by atoms with van der Waals surface area (Å²) >= 11 is 0. The van der Waals surface area contributed by atoms with Crippen LogP contribution in [0.2, 0.25) is 0 Å². The van der Waals surface area contributed by atoms with E-state index >= 15 is 0 Å². The minimum Gasteiger partial charge on any atom is -0.378 e. The maximum atomic E-state index is 10.9. The number of nitrogens with one attached hydrogen (secondary N) is 2. The van der Waals surface area contributed by atoms with Crippen molar-refractivity contribution in [2.45, 2.75) is 25.4 Å². The lowest BCUT2D eigenvalue weighted by Crippen LogP contribution is -2.33. The molecule has 0 aromatic heterocycles. The van der Waals surface area contributed by atoms with Gasteiger partial charge in [0.1, 0.15) is 0 Å². The number of ether oxygens (including phenoxy) is 1. The van der Waals surface area contributed by atoms with Gasteiger partial charge in [0, 0.05) is 13.5 Å². The van der Waals surface area contributed by atoms with Crippen LogP contribution in [0.5, 0.6) is 0 Å². The highest BCUT2D eigenvalue weighted by molar-refractivity contribution is 5.85. The van der Waals surface area contributed by atoms with Gasteiger partial charge >= 0.3 is 0 Å². The first-order valence-corrected chi connectivity index (χ1v) is 4.86. The van der Waals surface area contributed by atoms with Crippen molar-refractivity contribution < 1.29 is 9.53 Å². The molecular weight excluding hydrogens is 204 g/mol. The molecule has 1 aliphatic rings. The van der Waals surface area contributed by atoms with Crippen LogP contribution in [0.4, 0.5) is 0 Å². The van der Waals surface area contributed by atoms with Crippen LogP contribution in [0.3, 0.4) is 0 Å². The van der Waals surface area contributed by atoms with E-state index in [0.717, 1.165) is 25.9 Å². The third kappa shape index (κ3) is 5.42. The molecule has 1 rings (SSSR count). The summed E-state index contributed by atoms with van der Waals surface area (Å²) in [6.07, 6.45) is 2.95. The molecule has 84 valence electrons. The Morgan fingerprint density at radius 2 is 2.14 bits per heavy atom. The van der Waals surface area contributed by atoms with E-state index in [1.807, 2.05) is 0 Å². The van der Waals surface area contributed by atoms with Gasteiger partial charge in [0.15, 0.2) is 0 Å². The molecule has 0 bridgehead atoms. The van der Waals surface area contributed by atoms with Gasteiger partial charge in [0.2, 0.25) is 5.91 Å². The number of halogens is 1. The van der Waals surface area contributed by atoms with Crippen molar-refractivity contribution in [2.75, 3.05) is 26.7 Å². The van der Waals surface area contributed by atoms with Crippen LogP contribution in [-0.4, -0.2) is 38.8 Å². The highest BCUT2D eigenvalue weighted by atomic mass is 35.5. The standard InChI is InChI=1S/C9H18N2O2.ClH/c1-10-9(12)4-7-13-8-2-5-11-6-3-8;/h8,11H,2-7H2,1H3,(H,10,12);1H. The van der Waals surface area contributed by atoms with Crippen molar-refractivity contribution in [3.8, 4) is 0 Å². The fourth-order valence-electron chi connectivity index (χ4n) is 1.41. The van der Waals surface area contributed by atoms with Crippen LogP contribution in [0.15, 0.2) is 0 Å². The lowest BCUT2D eigenvalue weighted by Gasteiger charge is -2.22. The van der Waals surface area contributed by atoms with Gasteiger partial charge in [-0.25, -0.2) is 0 Å². The zero-order chi connectivity index (χ0) is 9.52. The van der Waals surface area contributed by atoms with E-state index in [4.69, 9.17) is 4.74 Å². The fraction of sp³-hybridized carbons (Fsp3) is 0.889. The number of piperidine rings is 1. The Hall–Kier alpha value is -0.320. The van der Waals surface area contributed by atoms with Gasteiger partial charge in [0.05, 0.1) is 12.7 Å². The van der Waals surface area contributed by atoms with Crippen molar-refractivity contribution in [3.05, 3.63) is 0 Å². The zero-order valence-corrected chi connectivity index (χ0v) is 9.36. The number of rotatable bonds is 4. The largest absolute Gasteiger partial charge is 0.378 e. The molecule has 2 N–H and O–H groups in total. The Labute approximate surface area is 91.2 Å². The minimum absolute atomic E-state index is 0. The lowest BCUT2D eigenvalue weighted by atomic mass is 10.1.